The number of nitrogens with one attached hydrogen (secondary N) is 1. The van der Waals surface area contributed by atoms with E-state index in [2.05, 4.69) is 19.2 Å². The molecule has 0 aromatic heterocycles. The van der Waals surface area contributed by atoms with E-state index in [1.165, 1.54) is 4.90 Å². The molecule has 8 nitrogen and oxygen atoms in total. The smallest absolute Gasteiger partial charge is 0.264 e. The summed E-state index contributed by atoms with van der Waals surface area (Å²) in [5.74, 6) is 0.0875. The maximum atomic E-state index is 14.2. The Kier molecular flexibility index (Phi) is 11.2. The minimum atomic E-state index is -4.12. The molecule has 3 aromatic rings. The summed E-state index contributed by atoms with van der Waals surface area (Å²) >= 11 is 0. The van der Waals surface area contributed by atoms with E-state index >= 15 is 0 Å². The van der Waals surface area contributed by atoms with Crippen LogP contribution in [0.3, 0.4) is 0 Å². The van der Waals surface area contributed by atoms with Gasteiger partial charge in [0.05, 0.1) is 17.7 Å². The SMILES string of the molecule is CCC(C(=O)NC(C)C)N(Cc1cccc(OC)c1)C(=O)CN(c1ccc(C(C)C)cc1)S(=O)(=O)c1ccc(C)cc1. The number of carbonyl (C=O) groups excluding carboxylic acids is 2. The van der Waals surface area contributed by atoms with E-state index in [0.717, 1.165) is 21.0 Å². The number of sulfonamides is 1. The zero-order valence-electron chi connectivity index (χ0n) is 25.6. The average Bonchev–Trinajstić information content (AvgIpc) is 2.95. The summed E-state index contributed by atoms with van der Waals surface area (Å²) in [6.45, 7) is 11.2. The van der Waals surface area contributed by atoms with Crippen molar-refractivity contribution in [3.63, 3.8) is 0 Å². The highest BCUT2D eigenvalue weighted by atomic mass is 32.2. The van der Waals surface area contributed by atoms with Crippen molar-refractivity contribution in [3.8, 4) is 5.75 Å². The lowest BCUT2D eigenvalue weighted by Crippen LogP contribution is -2.53. The van der Waals surface area contributed by atoms with Gasteiger partial charge < -0.3 is 15.0 Å². The summed E-state index contributed by atoms with van der Waals surface area (Å²) in [5, 5.41) is 2.91. The van der Waals surface area contributed by atoms with E-state index in [1.807, 2.05) is 52.0 Å². The van der Waals surface area contributed by atoms with Crippen molar-refractivity contribution < 1.29 is 22.7 Å². The van der Waals surface area contributed by atoms with Gasteiger partial charge >= 0.3 is 0 Å². The van der Waals surface area contributed by atoms with Gasteiger partial charge in [0.15, 0.2) is 0 Å². The second-order valence-electron chi connectivity index (χ2n) is 11.0. The molecule has 0 aliphatic rings. The van der Waals surface area contributed by atoms with Crippen LogP contribution in [0.1, 0.15) is 63.6 Å². The van der Waals surface area contributed by atoms with Crippen molar-refractivity contribution in [1.29, 1.82) is 0 Å². The number of hydrogen-bond acceptors (Lipinski definition) is 5. The molecule has 0 aliphatic heterocycles. The molecule has 0 spiro atoms. The van der Waals surface area contributed by atoms with Gasteiger partial charge in [-0.25, -0.2) is 8.42 Å². The summed E-state index contributed by atoms with van der Waals surface area (Å²) in [4.78, 5) is 29.0. The molecule has 2 amide bonds. The Bertz CT molecular complexity index is 1450. The van der Waals surface area contributed by atoms with Gasteiger partial charge in [-0.3, -0.25) is 13.9 Å². The molecule has 0 aliphatic carbocycles. The van der Waals surface area contributed by atoms with Crippen LogP contribution in [0.5, 0.6) is 5.75 Å². The van der Waals surface area contributed by atoms with Gasteiger partial charge in [-0.2, -0.15) is 0 Å². The first-order valence-electron chi connectivity index (χ1n) is 14.3. The zero-order valence-corrected chi connectivity index (χ0v) is 26.4. The topological polar surface area (TPSA) is 96.0 Å². The van der Waals surface area contributed by atoms with Crippen LogP contribution in [-0.4, -0.2) is 50.9 Å². The number of carbonyl (C=O) groups is 2. The van der Waals surface area contributed by atoms with Crippen LogP contribution in [0.2, 0.25) is 0 Å². The Morgan fingerprint density at radius 3 is 2.12 bits per heavy atom. The molecule has 1 unspecified atom stereocenters. The Hall–Kier alpha value is -3.85. The first-order valence-corrected chi connectivity index (χ1v) is 15.7. The second kappa shape index (κ2) is 14.4. The molecular weight excluding hydrogens is 550 g/mol. The minimum absolute atomic E-state index is 0.0813. The van der Waals surface area contributed by atoms with Crippen LogP contribution in [0.4, 0.5) is 5.69 Å². The molecule has 0 bridgehead atoms. The maximum absolute atomic E-state index is 14.2. The number of nitrogens with zero attached hydrogens (tertiary/aromatic N) is 2. The van der Waals surface area contributed by atoms with Crippen molar-refractivity contribution in [1.82, 2.24) is 10.2 Å². The van der Waals surface area contributed by atoms with Gasteiger partial charge in [0.1, 0.15) is 18.3 Å². The number of hydrogen-bond donors (Lipinski definition) is 1. The summed E-state index contributed by atoms with van der Waals surface area (Å²) in [7, 11) is -2.56. The van der Waals surface area contributed by atoms with Crippen molar-refractivity contribution in [2.45, 2.75) is 77.4 Å². The molecule has 1 N–H and O–H groups in total. The maximum Gasteiger partial charge on any atom is 0.264 e. The number of aryl methyl sites for hydroxylation is 1. The average molecular weight is 594 g/mol. The number of ether oxygens (including phenoxy) is 1. The number of benzene rings is 3. The summed E-state index contributed by atoms with van der Waals surface area (Å²) in [6.07, 6.45) is 0.349. The van der Waals surface area contributed by atoms with Crippen molar-refractivity contribution in [3.05, 3.63) is 89.5 Å². The molecule has 0 radical (unpaired) electrons. The molecule has 0 heterocycles. The van der Waals surface area contributed by atoms with Gasteiger partial charge in [-0.15, -0.1) is 0 Å². The predicted octanol–water partition coefficient (Wildman–Crippen LogP) is 5.65. The molecule has 1 atom stereocenters. The second-order valence-corrected chi connectivity index (χ2v) is 12.9. The third-order valence-corrected chi connectivity index (χ3v) is 8.83. The molecule has 42 heavy (non-hydrogen) atoms. The Morgan fingerprint density at radius 1 is 0.929 bits per heavy atom. The van der Waals surface area contributed by atoms with E-state index in [0.29, 0.717) is 17.9 Å². The number of methoxy groups -OCH3 is 1. The Morgan fingerprint density at radius 2 is 1.57 bits per heavy atom. The van der Waals surface area contributed by atoms with Crippen LogP contribution in [0, 0.1) is 6.92 Å². The van der Waals surface area contributed by atoms with Crippen molar-refractivity contribution in [2.75, 3.05) is 18.0 Å². The number of amides is 2. The van der Waals surface area contributed by atoms with Crippen molar-refractivity contribution >= 4 is 27.5 Å². The normalized spacial score (nSPS) is 12.2. The van der Waals surface area contributed by atoms with Gasteiger partial charge in [0, 0.05) is 12.6 Å². The lowest BCUT2D eigenvalue weighted by molar-refractivity contribution is -0.140. The predicted molar refractivity (Wildman–Crippen MR) is 167 cm³/mol. The number of anilines is 1. The fourth-order valence-electron chi connectivity index (χ4n) is 4.66. The van der Waals surface area contributed by atoms with Gasteiger partial charge in [-0.1, -0.05) is 62.7 Å². The largest absolute Gasteiger partial charge is 0.497 e. The summed E-state index contributed by atoms with van der Waals surface area (Å²) in [6, 6.07) is 20.1. The third kappa shape index (κ3) is 8.12. The van der Waals surface area contributed by atoms with Crippen LogP contribution in [0.15, 0.2) is 77.7 Å². The van der Waals surface area contributed by atoms with E-state index in [4.69, 9.17) is 4.74 Å². The first kappa shape index (κ1) is 32.7. The van der Waals surface area contributed by atoms with E-state index in [-0.39, 0.29) is 29.3 Å². The highest BCUT2D eigenvalue weighted by Crippen LogP contribution is 2.27. The highest BCUT2D eigenvalue weighted by Gasteiger charge is 2.34. The fraction of sp³-hybridized carbons (Fsp3) is 0.394. The lowest BCUT2D eigenvalue weighted by atomic mass is 10.0. The minimum Gasteiger partial charge on any atom is -0.497 e. The molecule has 0 saturated heterocycles. The Labute approximate surface area is 250 Å². The third-order valence-electron chi connectivity index (χ3n) is 7.04. The molecule has 226 valence electrons. The Balaban J connectivity index is 2.09. The number of rotatable bonds is 13. The molecular formula is C33H43N3O5S. The van der Waals surface area contributed by atoms with Gasteiger partial charge in [0.25, 0.3) is 10.0 Å². The van der Waals surface area contributed by atoms with Crippen LogP contribution in [-0.2, 0) is 26.2 Å². The molecule has 3 rings (SSSR count). The highest BCUT2D eigenvalue weighted by molar-refractivity contribution is 7.92. The quantitative estimate of drug-likeness (QED) is 0.276. The standard InChI is InChI=1S/C33H43N3O5S/c1-8-31(33(38)34-24(4)5)35(21-26-10-9-11-29(20-26)41-7)32(37)22-36(28-16-14-27(15-17-28)23(2)3)42(39,40)30-18-12-25(6)13-19-30/h9-20,23-24,31H,8,21-22H2,1-7H3,(H,34,38). The van der Waals surface area contributed by atoms with E-state index < -0.39 is 28.5 Å². The van der Waals surface area contributed by atoms with Crippen LogP contribution in [0.25, 0.3) is 0 Å². The molecule has 0 fully saturated rings. The van der Waals surface area contributed by atoms with Gasteiger partial charge in [-0.05, 0) is 80.6 Å². The molecule has 0 saturated carbocycles. The molecule has 9 heteroatoms. The van der Waals surface area contributed by atoms with Crippen molar-refractivity contribution in [2.24, 2.45) is 0 Å². The zero-order chi connectivity index (χ0) is 31.0. The monoisotopic (exact) mass is 593 g/mol. The summed E-state index contributed by atoms with van der Waals surface area (Å²) in [5.41, 5.74) is 3.10. The first-order chi connectivity index (χ1) is 19.9. The summed E-state index contributed by atoms with van der Waals surface area (Å²) < 4.78 is 34.6. The van der Waals surface area contributed by atoms with E-state index in [9.17, 15) is 18.0 Å². The molecule has 3 aromatic carbocycles. The van der Waals surface area contributed by atoms with Crippen LogP contribution >= 0.6 is 0 Å². The van der Waals surface area contributed by atoms with E-state index in [1.54, 1.807) is 55.6 Å². The van der Waals surface area contributed by atoms with Crippen LogP contribution < -0.4 is 14.4 Å². The fourth-order valence-corrected chi connectivity index (χ4v) is 6.07. The lowest BCUT2D eigenvalue weighted by Gasteiger charge is -2.33. The van der Waals surface area contributed by atoms with Gasteiger partial charge in [0.2, 0.25) is 11.8 Å².